The van der Waals surface area contributed by atoms with E-state index in [1.165, 1.54) is 16.7 Å². The average Bonchev–Trinajstić information content (AvgIpc) is 2.67. The Hall–Kier alpha value is -2.26. The van der Waals surface area contributed by atoms with Crippen LogP contribution in [0.15, 0.2) is 48.5 Å². The second-order valence-electron chi connectivity index (χ2n) is 6.09. The zero-order chi connectivity index (χ0) is 18.8. The number of benzene rings is 2. The lowest BCUT2D eigenvalue weighted by Crippen LogP contribution is -2.24. The van der Waals surface area contributed by atoms with Gasteiger partial charge in [-0.1, -0.05) is 38.1 Å². The van der Waals surface area contributed by atoms with Crippen LogP contribution in [0.4, 0.5) is 0 Å². The van der Waals surface area contributed by atoms with E-state index in [1.807, 2.05) is 38.1 Å². The highest BCUT2D eigenvalue weighted by atomic mass is 16.5. The van der Waals surface area contributed by atoms with Crippen molar-refractivity contribution >= 4 is 11.6 Å². The van der Waals surface area contributed by atoms with Gasteiger partial charge in [0.15, 0.2) is 0 Å². The number of nitrogens with zero attached hydrogens (tertiary/aromatic N) is 1. The molecule has 0 unspecified atom stereocenters. The van der Waals surface area contributed by atoms with Crippen molar-refractivity contribution in [1.29, 1.82) is 0 Å². The first-order chi connectivity index (χ1) is 12.7. The van der Waals surface area contributed by atoms with Gasteiger partial charge in [-0.15, -0.1) is 0 Å². The van der Waals surface area contributed by atoms with E-state index in [0.717, 1.165) is 31.1 Å². The molecule has 0 saturated carbocycles. The minimum absolute atomic E-state index is 0.688. The average molecular weight is 354 g/mol. The third-order valence-electron chi connectivity index (χ3n) is 4.36. The van der Waals surface area contributed by atoms with E-state index in [2.05, 4.69) is 49.1 Å². The van der Waals surface area contributed by atoms with Gasteiger partial charge in [0, 0.05) is 6.54 Å². The van der Waals surface area contributed by atoms with Crippen LogP contribution < -0.4 is 9.47 Å². The molecule has 0 heterocycles. The van der Waals surface area contributed by atoms with Gasteiger partial charge in [0.05, 0.1) is 13.2 Å². The molecular formula is C23H31NO2. The van der Waals surface area contributed by atoms with Gasteiger partial charge in [-0.05, 0) is 74.0 Å². The molecule has 0 aromatic heterocycles. The maximum Gasteiger partial charge on any atom is 0.119 e. The molecule has 0 aliphatic heterocycles. The second kappa shape index (κ2) is 10.7. The number of rotatable bonds is 10. The summed E-state index contributed by atoms with van der Waals surface area (Å²) in [5.41, 5.74) is 3.72. The number of likely N-dealkylation sites (N-methyl/N-ethyl adjacent to an activating group) is 1. The third-order valence-corrected chi connectivity index (χ3v) is 4.36. The molecule has 140 valence electrons. The first kappa shape index (κ1) is 20.1. The molecule has 0 aliphatic carbocycles. The van der Waals surface area contributed by atoms with Crippen LogP contribution >= 0.6 is 0 Å². The minimum atomic E-state index is 0.688. The molecule has 3 heteroatoms. The Bertz CT molecular complexity index is 670. The fourth-order valence-electron chi connectivity index (χ4n) is 2.87. The van der Waals surface area contributed by atoms with Gasteiger partial charge in [0.2, 0.25) is 0 Å². The van der Waals surface area contributed by atoms with Crippen LogP contribution in [-0.4, -0.2) is 37.7 Å². The summed E-state index contributed by atoms with van der Waals surface area (Å²) in [6.07, 6.45) is 2.27. The van der Waals surface area contributed by atoms with Crippen molar-refractivity contribution in [3.8, 4) is 11.5 Å². The van der Waals surface area contributed by atoms with E-state index in [4.69, 9.17) is 9.47 Å². The van der Waals surface area contributed by atoms with E-state index in [0.29, 0.717) is 13.2 Å². The third kappa shape index (κ3) is 5.92. The Morgan fingerprint density at radius 3 is 1.73 bits per heavy atom. The minimum Gasteiger partial charge on any atom is -0.494 e. The first-order valence-electron chi connectivity index (χ1n) is 9.59. The normalized spacial score (nSPS) is 11.7. The Morgan fingerprint density at radius 1 is 0.769 bits per heavy atom. The standard InChI is InChI=1S/C23H31NO2/c1-5-24(6-2)18-21(20-11-15-23(16-12-20)26-8-4)17-19-9-13-22(14-10-19)25-7-3/h9-17H,5-8,18H2,1-4H3/b21-17+. The fraction of sp³-hybridized carbons (Fsp3) is 0.391. The second-order valence-corrected chi connectivity index (χ2v) is 6.09. The number of hydrogen-bond acceptors (Lipinski definition) is 3. The highest BCUT2D eigenvalue weighted by Crippen LogP contribution is 2.23. The summed E-state index contributed by atoms with van der Waals surface area (Å²) < 4.78 is 11.1. The van der Waals surface area contributed by atoms with Crippen LogP contribution in [0, 0.1) is 0 Å². The molecule has 2 aromatic rings. The van der Waals surface area contributed by atoms with E-state index < -0.39 is 0 Å². The fourth-order valence-corrected chi connectivity index (χ4v) is 2.87. The summed E-state index contributed by atoms with van der Waals surface area (Å²) in [4.78, 5) is 2.43. The molecule has 0 fully saturated rings. The summed E-state index contributed by atoms with van der Waals surface area (Å²) >= 11 is 0. The van der Waals surface area contributed by atoms with E-state index in [-0.39, 0.29) is 0 Å². The van der Waals surface area contributed by atoms with Crippen molar-refractivity contribution in [3.63, 3.8) is 0 Å². The summed E-state index contributed by atoms with van der Waals surface area (Å²) in [7, 11) is 0. The van der Waals surface area contributed by atoms with Crippen LogP contribution in [0.1, 0.15) is 38.8 Å². The topological polar surface area (TPSA) is 21.7 Å². The van der Waals surface area contributed by atoms with Crippen molar-refractivity contribution in [2.75, 3.05) is 32.8 Å². The lowest BCUT2D eigenvalue weighted by Gasteiger charge is -2.21. The Labute approximate surface area is 158 Å². The molecule has 2 rings (SSSR count). The molecule has 0 N–H and O–H groups in total. The van der Waals surface area contributed by atoms with Crippen LogP contribution in [0.25, 0.3) is 11.6 Å². The summed E-state index contributed by atoms with van der Waals surface area (Å²) in [6, 6.07) is 16.7. The van der Waals surface area contributed by atoms with Gasteiger partial charge in [-0.25, -0.2) is 0 Å². The highest BCUT2D eigenvalue weighted by molar-refractivity contribution is 5.82. The van der Waals surface area contributed by atoms with Crippen molar-refractivity contribution < 1.29 is 9.47 Å². The molecule has 3 nitrogen and oxygen atoms in total. The molecule has 0 aliphatic rings. The maximum absolute atomic E-state index is 5.57. The van der Waals surface area contributed by atoms with Gasteiger partial charge in [-0.3, -0.25) is 4.90 Å². The van der Waals surface area contributed by atoms with Crippen molar-refractivity contribution in [3.05, 3.63) is 59.7 Å². The predicted molar refractivity (Wildman–Crippen MR) is 111 cm³/mol. The molecule has 0 saturated heterocycles. The lowest BCUT2D eigenvalue weighted by molar-refractivity contribution is 0.339. The number of ether oxygens (including phenoxy) is 2. The lowest BCUT2D eigenvalue weighted by atomic mass is 10.0. The predicted octanol–water partition coefficient (Wildman–Crippen LogP) is 5.37. The molecule has 0 amide bonds. The molecule has 2 aromatic carbocycles. The van der Waals surface area contributed by atoms with Gasteiger partial charge in [0.1, 0.15) is 11.5 Å². The molecule has 0 bridgehead atoms. The monoisotopic (exact) mass is 353 g/mol. The first-order valence-corrected chi connectivity index (χ1v) is 9.59. The Kier molecular flexibility index (Phi) is 8.23. The molecule has 0 radical (unpaired) electrons. The zero-order valence-electron chi connectivity index (χ0n) is 16.5. The summed E-state index contributed by atoms with van der Waals surface area (Å²) in [6.45, 7) is 12.8. The highest BCUT2D eigenvalue weighted by Gasteiger charge is 2.08. The number of hydrogen-bond donors (Lipinski definition) is 0. The quantitative estimate of drug-likeness (QED) is 0.536. The SMILES string of the molecule is CCOc1ccc(/C=C(\CN(CC)CC)c2ccc(OCC)cc2)cc1. The maximum atomic E-state index is 5.57. The zero-order valence-corrected chi connectivity index (χ0v) is 16.5. The van der Waals surface area contributed by atoms with Gasteiger partial charge >= 0.3 is 0 Å². The van der Waals surface area contributed by atoms with E-state index >= 15 is 0 Å². The Balaban J connectivity index is 2.29. The van der Waals surface area contributed by atoms with Crippen LogP contribution in [0.5, 0.6) is 11.5 Å². The molecular weight excluding hydrogens is 322 g/mol. The van der Waals surface area contributed by atoms with E-state index in [1.54, 1.807) is 0 Å². The van der Waals surface area contributed by atoms with Crippen LogP contribution in [-0.2, 0) is 0 Å². The van der Waals surface area contributed by atoms with Crippen LogP contribution in [0.3, 0.4) is 0 Å². The largest absolute Gasteiger partial charge is 0.494 e. The van der Waals surface area contributed by atoms with E-state index in [9.17, 15) is 0 Å². The molecule has 26 heavy (non-hydrogen) atoms. The van der Waals surface area contributed by atoms with Gasteiger partial charge in [0.25, 0.3) is 0 Å². The molecule has 0 spiro atoms. The summed E-state index contributed by atoms with van der Waals surface area (Å²) in [5.74, 6) is 1.83. The van der Waals surface area contributed by atoms with Crippen molar-refractivity contribution in [1.82, 2.24) is 4.90 Å². The Morgan fingerprint density at radius 2 is 1.27 bits per heavy atom. The van der Waals surface area contributed by atoms with Crippen molar-refractivity contribution in [2.45, 2.75) is 27.7 Å². The molecule has 0 atom stereocenters. The smallest absolute Gasteiger partial charge is 0.119 e. The van der Waals surface area contributed by atoms with Crippen LogP contribution in [0.2, 0.25) is 0 Å². The van der Waals surface area contributed by atoms with Gasteiger partial charge < -0.3 is 9.47 Å². The van der Waals surface area contributed by atoms with Gasteiger partial charge in [-0.2, -0.15) is 0 Å². The van der Waals surface area contributed by atoms with Crippen molar-refractivity contribution in [2.24, 2.45) is 0 Å². The summed E-state index contributed by atoms with van der Waals surface area (Å²) in [5, 5.41) is 0.